The molecule has 0 bridgehead atoms. The third kappa shape index (κ3) is 5.83. The fraction of sp³-hybridized carbons (Fsp3) is 0.190. The molecule has 3 rings (SSSR count). The van der Waals surface area contributed by atoms with Gasteiger partial charge in [0.05, 0.1) is 18.1 Å². The van der Waals surface area contributed by atoms with Gasteiger partial charge < -0.3 is 9.47 Å². The molecule has 2 aromatic carbocycles. The lowest BCUT2D eigenvalue weighted by molar-refractivity contribution is -0.145. The van der Waals surface area contributed by atoms with Crippen LogP contribution in [0.2, 0.25) is 10.0 Å². The summed E-state index contributed by atoms with van der Waals surface area (Å²) >= 11 is 16.5. The number of hydrogen-bond acceptors (Lipinski definition) is 6. The number of carbonyl (C=O) groups excluding carboxylic acids is 3. The van der Waals surface area contributed by atoms with Crippen molar-refractivity contribution in [3.05, 3.63) is 66.9 Å². The van der Waals surface area contributed by atoms with E-state index >= 15 is 0 Å². The summed E-state index contributed by atoms with van der Waals surface area (Å²) < 4.78 is 11.1. The maximum atomic E-state index is 12.9. The molecule has 0 N–H and O–H groups in total. The highest BCUT2D eigenvalue weighted by Gasteiger charge is 2.36. The normalized spacial score (nSPS) is 15.0. The van der Waals surface area contributed by atoms with Gasteiger partial charge in [-0.1, -0.05) is 45.2 Å². The SMILES string of the molecule is CCOC(=O)COc1ccc(Br)cc1/C=C1/SC(=O)N(Cc2c(Cl)cccc2Cl)C1=O. The minimum absolute atomic E-state index is 0.0365. The molecule has 0 spiro atoms. The van der Waals surface area contributed by atoms with Crippen LogP contribution in [-0.4, -0.2) is 35.2 Å². The van der Waals surface area contributed by atoms with Crippen molar-refractivity contribution in [3.8, 4) is 5.75 Å². The summed E-state index contributed by atoms with van der Waals surface area (Å²) in [4.78, 5) is 38.3. The highest BCUT2D eigenvalue weighted by molar-refractivity contribution is 9.10. The number of esters is 1. The molecule has 2 aromatic rings. The minimum Gasteiger partial charge on any atom is -0.481 e. The molecule has 1 saturated heterocycles. The van der Waals surface area contributed by atoms with E-state index in [2.05, 4.69) is 15.9 Å². The van der Waals surface area contributed by atoms with Crippen molar-refractivity contribution in [2.45, 2.75) is 13.5 Å². The fourth-order valence-corrected chi connectivity index (χ4v) is 4.45. The van der Waals surface area contributed by atoms with Crippen LogP contribution in [0.1, 0.15) is 18.1 Å². The van der Waals surface area contributed by atoms with Crippen LogP contribution in [0.5, 0.6) is 5.75 Å². The van der Waals surface area contributed by atoms with E-state index in [0.717, 1.165) is 21.1 Å². The largest absolute Gasteiger partial charge is 0.481 e. The van der Waals surface area contributed by atoms with Crippen LogP contribution in [0.3, 0.4) is 0 Å². The van der Waals surface area contributed by atoms with E-state index in [0.29, 0.717) is 26.9 Å². The van der Waals surface area contributed by atoms with Gasteiger partial charge in [-0.2, -0.15) is 0 Å². The van der Waals surface area contributed by atoms with Crippen molar-refractivity contribution in [2.24, 2.45) is 0 Å². The Hall–Kier alpha value is -2.00. The van der Waals surface area contributed by atoms with E-state index in [-0.39, 0.29) is 24.7 Å². The third-order valence-electron chi connectivity index (χ3n) is 4.16. The Balaban J connectivity index is 1.84. The number of thioether (sulfide) groups is 1. The second-order valence-corrected chi connectivity index (χ2v) is 8.97. The average molecular weight is 545 g/mol. The summed E-state index contributed by atoms with van der Waals surface area (Å²) in [6.07, 6.45) is 1.55. The Labute approximate surface area is 201 Å². The molecule has 1 aliphatic heterocycles. The van der Waals surface area contributed by atoms with Gasteiger partial charge in [0.15, 0.2) is 6.61 Å². The van der Waals surface area contributed by atoms with E-state index in [1.54, 1.807) is 49.4 Å². The fourth-order valence-electron chi connectivity index (χ4n) is 2.72. The van der Waals surface area contributed by atoms with Gasteiger partial charge in [0.25, 0.3) is 11.1 Å². The van der Waals surface area contributed by atoms with Gasteiger partial charge >= 0.3 is 5.97 Å². The van der Waals surface area contributed by atoms with Crippen LogP contribution < -0.4 is 4.74 Å². The first kappa shape index (κ1) is 23.7. The molecule has 1 aliphatic rings. The third-order valence-corrected chi connectivity index (χ3v) is 6.27. The van der Waals surface area contributed by atoms with Crippen LogP contribution in [0.25, 0.3) is 6.08 Å². The summed E-state index contributed by atoms with van der Waals surface area (Å²) in [5.74, 6) is -0.604. The van der Waals surface area contributed by atoms with Crippen LogP contribution in [0, 0.1) is 0 Å². The molecular formula is C21H16BrCl2NO5S. The molecule has 0 aliphatic carbocycles. The van der Waals surface area contributed by atoms with Gasteiger partial charge in [0, 0.05) is 25.6 Å². The maximum absolute atomic E-state index is 12.9. The molecule has 1 heterocycles. The number of nitrogens with zero attached hydrogens (tertiary/aromatic N) is 1. The number of benzene rings is 2. The first-order valence-corrected chi connectivity index (χ1v) is 11.4. The Bertz CT molecular complexity index is 1060. The van der Waals surface area contributed by atoms with Gasteiger partial charge in [0.1, 0.15) is 5.75 Å². The van der Waals surface area contributed by atoms with Crippen molar-refractivity contribution in [1.82, 2.24) is 4.90 Å². The Morgan fingerprint density at radius 1 is 1.19 bits per heavy atom. The summed E-state index contributed by atoms with van der Waals surface area (Å²) in [5.41, 5.74) is 1.02. The van der Waals surface area contributed by atoms with E-state index in [1.165, 1.54) is 0 Å². The molecule has 6 nitrogen and oxygen atoms in total. The van der Waals surface area contributed by atoms with E-state index in [4.69, 9.17) is 32.7 Å². The number of ether oxygens (including phenoxy) is 2. The average Bonchev–Trinajstić information content (AvgIpc) is 2.97. The highest BCUT2D eigenvalue weighted by Crippen LogP contribution is 2.37. The minimum atomic E-state index is -0.506. The maximum Gasteiger partial charge on any atom is 0.344 e. The molecule has 10 heteroatoms. The second kappa shape index (κ2) is 10.5. The summed E-state index contributed by atoms with van der Waals surface area (Å²) in [6.45, 7) is 1.64. The lowest BCUT2D eigenvalue weighted by Crippen LogP contribution is -2.27. The van der Waals surface area contributed by atoms with Gasteiger partial charge in [-0.05, 0) is 55.1 Å². The molecule has 0 radical (unpaired) electrons. The zero-order valence-electron chi connectivity index (χ0n) is 16.2. The van der Waals surface area contributed by atoms with Gasteiger partial charge in [0.2, 0.25) is 0 Å². The van der Waals surface area contributed by atoms with Crippen molar-refractivity contribution >= 4 is 74.1 Å². The Morgan fingerprint density at radius 3 is 2.58 bits per heavy atom. The Morgan fingerprint density at radius 2 is 1.90 bits per heavy atom. The number of hydrogen-bond donors (Lipinski definition) is 0. The lowest BCUT2D eigenvalue weighted by Gasteiger charge is -2.14. The topological polar surface area (TPSA) is 72.9 Å². The summed E-state index contributed by atoms with van der Waals surface area (Å²) in [7, 11) is 0. The number of halogens is 3. The molecule has 31 heavy (non-hydrogen) atoms. The number of carbonyl (C=O) groups is 3. The molecule has 0 atom stereocenters. The van der Waals surface area contributed by atoms with Crippen LogP contribution in [0.15, 0.2) is 45.8 Å². The smallest absolute Gasteiger partial charge is 0.344 e. The molecule has 1 fully saturated rings. The first-order valence-electron chi connectivity index (χ1n) is 9.06. The van der Waals surface area contributed by atoms with E-state index < -0.39 is 17.1 Å². The van der Waals surface area contributed by atoms with Crippen LogP contribution in [-0.2, 0) is 20.9 Å². The first-order chi connectivity index (χ1) is 14.8. The number of imide groups is 1. The lowest BCUT2D eigenvalue weighted by atomic mass is 10.1. The van der Waals surface area contributed by atoms with Gasteiger partial charge in [-0.25, -0.2) is 4.79 Å². The number of amides is 2. The Kier molecular flexibility index (Phi) is 8.05. The quantitative estimate of drug-likeness (QED) is 0.317. The summed E-state index contributed by atoms with van der Waals surface area (Å²) in [6, 6.07) is 10.1. The van der Waals surface area contributed by atoms with Crippen LogP contribution >= 0.6 is 50.9 Å². The van der Waals surface area contributed by atoms with Crippen molar-refractivity contribution in [1.29, 1.82) is 0 Å². The van der Waals surface area contributed by atoms with Crippen molar-refractivity contribution in [3.63, 3.8) is 0 Å². The molecule has 2 amide bonds. The van der Waals surface area contributed by atoms with Crippen molar-refractivity contribution in [2.75, 3.05) is 13.2 Å². The highest BCUT2D eigenvalue weighted by atomic mass is 79.9. The zero-order valence-corrected chi connectivity index (χ0v) is 20.1. The zero-order chi connectivity index (χ0) is 22.5. The second-order valence-electron chi connectivity index (χ2n) is 6.24. The monoisotopic (exact) mass is 543 g/mol. The molecule has 0 unspecified atom stereocenters. The van der Waals surface area contributed by atoms with E-state index in [1.807, 2.05) is 0 Å². The number of rotatable bonds is 7. The van der Waals surface area contributed by atoms with Gasteiger partial charge in [-0.3, -0.25) is 14.5 Å². The van der Waals surface area contributed by atoms with E-state index in [9.17, 15) is 14.4 Å². The predicted octanol–water partition coefficient (Wildman–Crippen LogP) is 5.93. The van der Waals surface area contributed by atoms with Gasteiger partial charge in [-0.15, -0.1) is 0 Å². The van der Waals surface area contributed by atoms with Crippen LogP contribution in [0.4, 0.5) is 4.79 Å². The molecule has 0 aromatic heterocycles. The predicted molar refractivity (Wildman–Crippen MR) is 124 cm³/mol. The molecule has 0 saturated carbocycles. The van der Waals surface area contributed by atoms with Crippen molar-refractivity contribution < 1.29 is 23.9 Å². The molecular weight excluding hydrogens is 529 g/mol. The summed E-state index contributed by atoms with van der Waals surface area (Å²) in [5, 5.41) is 0.311. The molecule has 162 valence electrons. The standard InChI is InChI=1S/C21H16BrCl2NO5S/c1-2-29-19(26)11-30-17-7-6-13(22)8-12(17)9-18-20(27)25(21(28)31-18)10-14-15(23)4-3-5-16(14)24/h3-9H,2,10-11H2,1H3/b18-9+.